The second-order valence-corrected chi connectivity index (χ2v) is 5.91. The van der Waals surface area contributed by atoms with Crippen LogP contribution in [0.5, 0.6) is 0 Å². The fourth-order valence-corrected chi connectivity index (χ4v) is 2.44. The minimum Gasteiger partial charge on any atom is -0.395 e. The third kappa shape index (κ3) is 4.53. The molecule has 1 fully saturated rings. The van der Waals surface area contributed by atoms with Crippen LogP contribution in [0.4, 0.5) is 4.39 Å². The first kappa shape index (κ1) is 16.0. The minimum absolute atomic E-state index is 0.0249. The van der Waals surface area contributed by atoms with Gasteiger partial charge in [-0.3, -0.25) is 4.90 Å². The third-order valence-corrected chi connectivity index (χ3v) is 3.62. The van der Waals surface area contributed by atoms with Crippen LogP contribution in [0.3, 0.4) is 0 Å². The van der Waals surface area contributed by atoms with Gasteiger partial charge in [-0.2, -0.15) is 0 Å². The van der Waals surface area contributed by atoms with Crippen LogP contribution >= 0.6 is 0 Å². The number of hydrogen-bond donors (Lipinski definition) is 1. The van der Waals surface area contributed by atoms with Gasteiger partial charge < -0.3 is 9.84 Å². The zero-order valence-corrected chi connectivity index (χ0v) is 12.7. The molecule has 0 atom stereocenters. The highest BCUT2D eigenvalue weighted by molar-refractivity contribution is 5.37. The Morgan fingerprint density at radius 1 is 1.38 bits per heavy atom. The molecule has 0 aromatic heterocycles. The molecule has 0 aliphatic carbocycles. The molecule has 0 radical (unpaired) electrons. The van der Waals surface area contributed by atoms with E-state index >= 15 is 0 Å². The number of benzene rings is 1. The van der Waals surface area contributed by atoms with E-state index in [1.54, 1.807) is 6.07 Å². The van der Waals surface area contributed by atoms with Crippen LogP contribution in [0, 0.1) is 17.7 Å². The van der Waals surface area contributed by atoms with Gasteiger partial charge in [0.05, 0.1) is 19.8 Å². The molecule has 1 aromatic carbocycles. The van der Waals surface area contributed by atoms with Crippen molar-refractivity contribution in [3.63, 3.8) is 0 Å². The Balaban J connectivity index is 2.14. The Hall–Kier alpha value is -1.41. The van der Waals surface area contributed by atoms with Gasteiger partial charge in [-0.1, -0.05) is 11.8 Å². The molecule has 0 unspecified atom stereocenters. The van der Waals surface area contributed by atoms with Gasteiger partial charge in [-0.25, -0.2) is 4.39 Å². The Morgan fingerprint density at radius 2 is 2.19 bits per heavy atom. The molecule has 1 aromatic rings. The summed E-state index contributed by atoms with van der Waals surface area (Å²) < 4.78 is 19.2. The number of aliphatic hydroxyl groups is 1. The SMILES string of the molecule is CC1(C)COCCN1Cc1cc(F)cc(C#CCCO)c1. The van der Waals surface area contributed by atoms with E-state index in [0.29, 0.717) is 31.7 Å². The van der Waals surface area contributed by atoms with Crippen molar-refractivity contribution in [2.45, 2.75) is 32.4 Å². The number of morpholine rings is 1. The van der Waals surface area contributed by atoms with E-state index < -0.39 is 0 Å². The summed E-state index contributed by atoms with van der Waals surface area (Å²) in [6.45, 7) is 7.21. The third-order valence-electron chi connectivity index (χ3n) is 3.62. The van der Waals surface area contributed by atoms with E-state index in [-0.39, 0.29) is 18.0 Å². The van der Waals surface area contributed by atoms with E-state index in [0.717, 1.165) is 12.1 Å². The molecule has 4 heteroatoms. The largest absolute Gasteiger partial charge is 0.395 e. The minimum atomic E-state index is -0.271. The Bertz CT molecular complexity index is 545. The second kappa shape index (κ2) is 7.04. The fourth-order valence-electron chi connectivity index (χ4n) is 2.44. The Morgan fingerprint density at radius 3 is 2.90 bits per heavy atom. The van der Waals surface area contributed by atoms with Crippen molar-refractivity contribution in [2.75, 3.05) is 26.4 Å². The monoisotopic (exact) mass is 291 g/mol. The quantitative estimate of drug-likeness (QED) is 0.866. The first-order valence-electron chi connectivity index (χ1n) is 7.23. The lowest BCUT2D eigenvalue weighted by atomic mass is 10.0. The molecule has 1 aliphatic heterocycles. The van der Waals surface area contributed by atoms with Crippen molar-refractivity contribution in [3.05, 3.63) is 35.1 Å². The van der Waals surface area contributed by atoms with Gasteiger partial charge in [0.25, 0.3) is 0 Å². The molecule has 1 saturated heterocycles. The highest BCUT2D eigenvalue weighted by atomic mass is 19.1. The molecule has 21 heavy (non-hydrogen) atoms. The van der Waals surface area contributed by atoms with Gasteiger partial charge in [0.2, 0.25) is 0 Å². The number of rotatable bonds is 3. The number of halogens is 1. The maximum atomic E-state index is 13.7. The molecular formula is C17H22FNO2. The van der Waals surface area contributed by atoms with Gasteiger partial charge in [-0.15, -0.1) is 0 Å². The summed E-state index contributed by atoms with van der Waals surface area (Å²) in [5.74, 6) is 5.45. The van der Waals surface area contributed by atoms with Crippen molar-refractivity contribution in [3.8, 4) is 11.8 Å². The van der Waals surface area contributed by atoms with Gasteiger partial charge in [0.15, 0.2) is 0 Å². The Labute approximate surface area is 125 Å². The maximum absolute atomic E-state index is 13.7. The number of aliphatic hydroxyl groups excluding tert-OH is 1. The van der Waals surface area contributed by atoms with Crippen LogP contribution in [0.25, 0.3) is 0 Å². The number of nitrogens with zero attached hydrogens (tertiary/aromatic N) is 1. The topological polar surface area (TPSA) is 32.7 Å². The molecule has 0 bridgehead atoms. The average Bonchev–Trinajstić information content (AvgIpc) is 2.41. The standard InChI is InChI=1S/C17H22FNO2/c1-17(2)13-21-8-6-19(17)12-15-9-14(5-3-4-7-20)10-16(18)11-15/h9-11,20H,4,6-8,12-13H2,1-2H3. The molecule has 3 nitrogen and oxygen atoms in total. The summed E-state index contributed by atoms with van der Waals surface area (Å²) in [5.41, 5.74) is 1.52. The number of hydrogen-bond acceptors (Lipinski definition) is 3. The van der Waals surface area contributed by atoms with E-state index in [1.807, 2.05) is 6.07 Å². The van der Waals surface area contributed by atoms with E-state index in [1.165, 1.54) is 6.07 Å². The van der Waals surface area contributed by atoms with Gasteiger partial charge >= 0.3 is 0 Å². The van der Waals surface area contributed by atoms with Crippen molar-refractivity contribution in [2.24, 2.45) is 0 Å². The first-order chi connectivity index (χ1) is 10.0. The molecule has 0 spiro atoms. The Kier molecular flexibility index (Phi) is 5.35. The molecule has 114 valence electrons. The van der Waals surface area contributed by atoms with Crippen molar-refractivity contribution < 1.29 is 14.2 Å². The summed E-state index contributed by atoms with van der Waals surface area (Å²) in [6, 6.07) is 4.90. The highest BCUT2D eigenvalue weighted by Crippen LogP contribution is 2.22. The molecule has 1 aliphatic rings. The van der Waals surface area contributed by atoms with E-state index in [9.17, 15) is 4.39 Å². The summed E-state index contributed by atoms with van der Waals surface area (Å²) in [4.78, 5) is 2.30. The molecule has 0 saturated carbocycles. The molecular weight excluding hydrogens is 269 g/mol. The lowest BCUT2D eigenvalue weighted by Gasteiger charge is -2.42. The smallest absolute Gasteiger partial charge is 0.124 e. The summed E-state index contributed by atoms with van der Waals surface area (Å²) in [5, 5.41) is 8.73. The summed E-state index contributed by atoms with van der Waals surface area (Å²) in [7, 11) is 0. The first-order valence-corrected chi connectivity index (χ1v) is 7.23. The van der Waals surface area contributed by atoms with E-state index in [2.05, 4.69) is 30.6 Å². The second-order valence-electron chi connectivity index (χ2n) is 5.91. The van der Waals surface area contributed by atoms with Gasteiger partial charge in [0, 0.05) is 30.6 Å². The van der Waals surface area contributed by atoms with Crippen molar-refractivity contribution in [1.82, 2.24) is 4.90 Å². The average molecular weight is 291 g/mol. The van der Waals surface area contributed by atoms with Crippen molar-refractivity contribution >= 4 is 0 Å². The van der Waals surface area contributed by atoms with Crippen LogP contribution in [-0.2, 0) is 11.3 Å². The van der Waals surface area contributed by atoms with Crippen LogP contribution in [0.2, 0.25) is 0 Å². The van der Waals surface area contributed by atoms with Crippen LogP contribution in [0.15, 0.2) is 18.2 Å². The zero-order chi connectivity index (χ0) is 15.3. The van der Waals surface area contributed by atoms with Crippen LogP contribution < -0.4 is 0 Å². The predicted octanol–water partition coefficient (Wildman–Crippen LogP) is 2.17. The summed E-state index contributed by atoms with van der Waals surface area (Å²) in [6.07, 6.45) is 0.405. The van der Waals surface area contributed by atoms with Gasteiger partial charge in [-0.05, 0) is 37.6 Å². The molecule has 1 heterocycles. The van der Waals surface area contributed by atoms with E-state index in [4.69, 9.17) is 9.84 Å². The zero-order valence-electron chi connectivity index (χ0n) is 12.7. The molecule has 0 amide bonds. The number of ether oxygens (including phenoxy) is 1. The molecule has 2 rings (SSSR count). The summed E-state index contributed by atoms with van der Waals surface area (Å²) >= 11 is 0. The normalized spacial score (nSPS) is 18.1. The lowest BCUT2D eigenvalue weighted by Crippen LogP contribution is -2.52. The maximum Gasteiger partial charge on any atom is 0.124 e. The lowest BCUT2D eigenvalue weighted by molar-refractivity contribution is -0.0553. The predicted molar refractivity (Wildman–Crippen MR) is 80.3 cm³/mol. The van der Waals surface area contributed by atoms with Crippen molar-refractivity contribution in [1.29, 1.82) is 0 Å². The fraction of sp³-hybridized carbons (Fsp3) is 0.529. The highest BCUT2D eigenvalue weighted by Gasteiger charge is 2.30. The van der Waals surface area contributed by atoms with Crippen LogP contribution in [-0.4, -0.2) is 41.9 Å². The van der Waals surface area contributed by atoms with Gasteiger partial charge in [0.1, 0.15) is 5.82 Å². The molecule has 1 N–H and O–H groups in total. The van der Waals surface area contributed by atoms with Crippen LogP contribution in [0.1, 0.15) is 31.4 Å².